The van der Waals surface area contributed by atoms with E-state index in [0.29, 0.717) is 11.7 Å². The van der Waals surface area contributed by atoms with E-state index >= 15 is 0 Å². The highest BCUT2D eigenvalue weighted by Gasteiger charge is 2.35. The van der Waals surface area contributed by atoms with E-state index in [1.165, 1.54) is 17.3 Å². The standard InChI is InChI=1S/C26H25N3O2S/c30-24-19-23(25(31)27-21-14-6-2-7-15-21)32-26(28-22-16-8-3-9-17-22)29(24)18-10-13-20-11-4-1-5-12-20/h1-9,11-12,14-17,23H,10,13,18-19H2,(H,27,31). The Labute approximate surface area is 192 Å². The van der Waals surface area contributed by atoms with Gasteiger partial charge in [0.05, 0.1) is 5.69 Å². The van der Waals surface area contributed by atoms with Crippen LogP contribution in [0.4, 0.5) is 11.4 Å². The Morgan fingerprint density at radius 1 is 0.938 bits per heavy atom. The van der Waals surface area contributed by atoms with Gasteiger partial charge in [0.2, 0.25) is 11.8 Å². The number of carbonyl (C=O) groups excluding carboxylic acids is 2. The van der Waals surface area contributed by atoms with Crippen LogP contribution in [-0.2, 0) is 16.0 Å². The zero-order chi connectivity index (χ0) is 22.2. The fourth-order valence-electron chi connectivity index (χ4n) is 3.50. The number of amidine groups is 1. The first-order valence-corrected chi connectivity index (χ1v) is 11.6. The SMILES string of the molecule is O=C(Nc1ccccc1)C1CC(=O)N(CCCc2ccccc2)C(=Nc2ccccc2)S1. The number of rotatable bonds is 7. The first-order valence-electron chi connectivity index (χ1n) is 10.7. The summed E-state index contributed by atoms with van der Waals surface area (Å²) in [5.41, 5.74) is 2.73. The minimum Gasteiger partial charge on any atom is -0.325 e. The number of para-hydroxylation sites is 2. The topological polar surface area (TPSA) is 61.8 Å². The zero-order valence-corrected chi connectivity index (χ0v) is 18.5. The van der Waals surface area contributed by atoms with Crippen molar-refractivity contribution in [3.63, 3.8) is 0 Å². The van der Waals surface area contributed by atoms with Crippen LogP contribution < -0.4 is 5.32 Å². The van der Waals surface area contributed by atoms with Gasteiger partial charge in [0.1, 0.15) is 5.25 Å². The lowest BCUT2D eigenvalue weighted by Gasteiger charge is -2.31. The monoisotopic (exact) mass is 443 g/mol. The van der Waals surface area contributed by atoms with E-state index < -0.39 is 5.25 Å². The van der Waals surface area contributed by atoms with Crippen LogP contribution in [0.3, 0.4) is 0 Å². The number of aliphatic imine (C=N–C) groups is 1. The summed E-state index contributed by atoms with van der Waals surface area (Å²) in [6.45, 7) is 0.569. The lowest BCUT2D eigenvalue weighted by molar-refractivity contribution is -0.129. The number of hydrogen-bond donors (Lipinski definition) is 1. The second kappa shape index (κ2) is 10.8. The van der Waals surface area contributed by atoms with Gasteiger partial charge in [-0.15, -0.1) is 0 Å². The van der Waals surface area contributed by atoms with Gasteiger partial charge in [-0.2, -0.15) is 0 Å². The Morgan fingerprint density at radius 3 is 2.25 bits per heavy atom. The van der Waals surface area contributed by atoms with Crippen molar-refractivity contribution in [2.24, 2.45) is 4.99 Å². The number of nitrogens with zero attached hydrogens (tertiary/aromatic N) is 2. The van der Waals surface area contributed by atoms with Crippen molar-refractivity contribution in [3.8, 4) is 0 Å². The van der Waals surface area contributed by atoms with Crippen LogP contribution in [0.2, 0.25) is 0 Å². The second-order valence-corrected chi connectivity index (χ2v) is 8.70. The van der Waals surface area contributed by atoms with Crippen molar-refractivity contribution in [2.45, 2.75) is 24.5 Å². The molecule has 1 saturated heterocycles. The van der Waals surface area contributed by atoms with Crippen molar-refractivity contribution in [1.82, 2.24) is 4.90 Å². The molecule has 1 aliphatic heterocycles. The number of carbonyl (C=O) groups is 2. The summed E-state index contributed by atoms with van der Waals surface area (Å²) < 4.78 is 0. The Morgan fingerprint density at radius 2 is 1.56 bits per heavy atom. The highest BCUT2D eigenvalue weighted by Crippen LogP contribution is 2.30. The maximum Gasteiger partial charge on any atom is 0.238 e. The van der Waals surface area contributed by atoms with Crippen molar-refractivity contribution >= 4 is 40.1 Å². The molecule has 1 aliphatic rings. The van der Waals surface area contributed by atoms with E-state index in [2.05, 4.69) is 17.4 Å². The van der Waals surface area contributed by atoms with E-state index in [0.717, 1.165) is 24.2 Å². The zero-order valence-electron chi connectivity index (χ0n) is 17.7. The number of thioether (sulfide) groups is 1. The molecule has 32 heavy (non-hydrogen) atoms. The second-order valence-electron chi connectivity index (χ2n) is 7.53. The summed E-state index contributed by atoms with van der Waals surface area (Å²) in [5.74, 6) is -0.251. The van der Waals surface area contributed by atoms with Crippen LogP contribution in [0.15, 0.2) is 96.0 Å². The smallest absolute Gasteiger partial charge is 0.238 e. The van der Waals surface area contributed by atoms with Gasteiger partial charge in [0.15, 0.2) is 5.17 Å². The van der Waals surface area contributed by atoms with Crippen LogP contribution in [0.1, 0.15) is 18.4 Å². The van der Waals surface area contributed by atoms with Crippen LogP contribution in [-0.4, -0.2) is 33.7 Å². The van der Waals surface area contributed by atoms with Gasteiger partial charge >= 0.3 is 0 Å². The average molecular weight is 444 g/mol. The molecule has 1 N–H and O–H groups in total. The first-order chi connectivity index (χ1) is 15.7. The number of aryl methyl sites for hydroxylation is 1. The molecular weight excluding hydrogens is 418 g/mol. The molecular formula is C26H25N3O2S. The molecule has 1 heterocycles. The van der Waals surface area contributed by atoms with Crippen molar-refractivity contribution in [3.05, 3.63) is 96.6 Å². The fraction of sp³-hybridized carbons (Fsp3) is 0.192. The van der Waals surface area contributed by atoms with Crippen molar-refractivity contribution in [2.75, 3.05) is 11.9 Å². The van der Waals surface area contributed by atoms with E-state index in [9.17, 15) is 9.59 Å². The predicted molar refractivity (Wildman–Crippen MR) is 131 cm³/mol. The van der Waals surface area contributed by atoms with Gasteiger partial charge in [-0.1, -0.05) is 78.5 Å². The molecule has 4 rings (SSSR count). The molecule has 162 valence electrons. The number of nitrogens with one attached hydrogen (secondary N) is 1. The third kappa shape index (κ3) is 5.86. The van der Waals surface area contributed by atoms with Gasteiger partial charge in [0.25, 0.3) is 0 Å². The number of amides is 2. The minimum absolute atomic E-state index is 0.0697. The summed E-state index contributed by atoms with van der Waals surface area (Å²) in [6, 6.07) is 29.1. The lowest BCUT2D eigenvalue weighted by Crippen LogP contribution is -2.45. The molecule has 0 radical (unpaired) electrons. The van der Waals surface area contributed by atoms with Gasteiger partial charge in [-0.3, -0.25) is 14.5 Å². The van der Waals surface area contributed by atoms with E-state index in [1.807, 2.05) is 78.9 Å². The predicted octanol–water partition coefficient (Wildman–Crippen LogP) is 5.28. The maximum atomic E-state index is 13.1. The highest BCUT2D eigenvalue weighted by molar-refractivity contribution is 8.15. The van der Waals surface area contributed by atoms with Gasteiger partial charge < -0.3 is 5.32 Å². The van der Waals surface area contributed by atoms with Gasteiger partial charge in [-0.05, 0) is 42.7 Å². The summed E-state index contributed by atoms with van der Waals surface area (Å²) in [4.78, 5) is 32.4. The molecule has 5 nitrogen and oxygen atoms in total. The van der Waals surface area contributed by atoms with E-state index in [1.54, 1.807) is 4.90 Å². The number of hydrogen-bond acceptors (Lipinski definition) is 4. The third-order valence-corrected chi connectivity index (χ3v) is 6.33. The Kier molecular flexibility index (Phi) is 7.35. The van der Waals surface area contributed by atoms with E-state index in [-0.39, 0.29) is 18.2 Å². The molecule has 0 aliphatic carbocycles. The molecule has 3 aromatic carbocycles. The van der Waals surface area contributed by atoms with Crippen molar-refractivity contribution < 1.29 is 9.59 Å². The molecule has 0 aromatic heterocycles. The Bertz CT molecular complexity index is 1070. The summed E-state index contributed by atoms with van der Waals surface area (Å²) >= 11 is 1.35. The molecule has 0 saturated carbocycles. The summed E-state index contributed by atoms with van der Waals surface area (Å²) in [7, 11) is 0. The minimum atomic E-state index is -0.518. The highest BCUT2D eigenvalue weighted by atomic mass is 32.2. The average Bonchev–Trinajstić information content (AvgIpc) is 2.82. The molecule has 2 amide bonds. The van der Waals surface area contributed by atoms with Crippen LogP contribution in [0.25, 0.3) is 0 Å². The first kappa shape index (κ1) is 21.8. The largest absolute Gasteiger partial charge is 0.325 e. The molecule has 0 spiro atoms. The Hall–Kier alpha value is -3.38. The number of benzene rings is 3. The molecule has 3 aromatic rings. The lowest BCUT2D eigenvalue weighted by atomic mass is 10.1. The fourth-order valence-corrected chi connectivity index (χ4v) is 4.63. The molecule has 1 atom stereocenters. The van der Waals surface area contributed by atoms with Gasteiger partial charge in [-0.25, -0.2) is 4.99 Å². The van der Waals surface area contributed by atoms with Crippen LogP contribution in [0, 0.1) is 0 Å². The molecule has 6 heteroatoms. The Balaban J connectivity index is 1.49. The van der Waals surface area contributed by atoms with Gasteiger partial charge in [0, 0.05) is 18.7 Å². The van der Waals surface area contributed by atoms with Crippen LogP contribution >= 0.6 is 11.8 Å². The summed E-state index contributed by atoms with van der Waals surface area (Å²) in [6.07, 6.45) is 1.86. The molecule has 1 fully saturated rings. The third-order valence-electron chi connectivity index (χ3n) is 5.14. The molecule has 1 unspecified atom stereocenters. The maximum absolute atomic E-state index is 13.1. The normalized spacial score (nSPS) is 17.4. The quantitative estimate of drug-likeness (QED) is 0.540. The molecule has 0 bridgehead atoms. The number of anilines is 1. The van der Waals surface area contributed by atoms with Crippen molar-refractivity contribution in [1.29, 1.82) is 0 Å². The van der Waals surface area contributed by atoms with E-state index in [4.69, 9.17) is 4.99 Å². The van der Waals surface area contributed by atoms with Crippen LogP contribution in [0.5, 0.6) is 0 Å². The summed E-state index contributed by atoms with van der Waals surface area (Å²) in [5, 5.41) is 2.97.